The highest BCUT2D eigenvalue weighted by molar-refractivity contribution is 7.68. The molecule has 0 fully saturated rings. The molecular weight excluding hydrogens is 387 g/mol. The summed E-state index contributed by atoms with van der Waals surface area (Å²) in [5, 5.41) is 0.805. The first-order chi connectivity index (χ1) is 13.6. The van der Waals surface area contributed by atoms with E-state index in [9.17, 15) is 9.79 Å². The smallest absolute Gasteiger partial charge is 0.292 e. The molecule has 4 N–H and O–H groups in total. The molecular formula is C21H26N4O3P+. The van der Waals surface area contributed by atoms with Crippen LogP contribution >= 0.6 is 7.72 Å². The number of hydrogen-bond donors (Lipinski definition) is 3. The minimum absolute atomic E-state index is 0.298. The number of nitrogens with two attached hydrogens (primary N) is 1. The molecule has 1 aromatic heterocycles. The van der Waals surface area contributed by atoms with Crippen LogP contribution in [0.3, 0.4) is 0 Å². The van der Waals surface area contributed by atoms with E-state index >= 15 is 0 Å². The third kappa shape index (κ3) is 3.90. The summed E-state index contributed by atoms with van der Waals surface area (Å²) >= 11 is 0. The summed E-state index contributed by atoms with van der Waals surface area (Å²) in [6.45, 7) is 5.44. The quantitative estimate of drug-likeness (QED) is 0.656. The van der Waals surface area contributed by atoms with Gasteiger partial charge >= 0.3 is 0 Å². The molecule has 1 aliphatic heterocycles. The van der Waals surface area contributed by atoms with Gasteiger partial charge in [0.1, 0.15) is 23.9 Å². The first kappa shape index (κ1) is 20.0. The maximum atomic E-state index is 9.87. The van der Waals surface area contributed by atoms with E-state index < -0.39 is 13.3 Å². The predicted octanol–water partition coefficient (Wildman–Crippen LogP) is 3.96. The van der Waals surface area contributed by atoms with Gasteiger partial charge in [-0.25, -0.2) is 19.8 Å². The molecule has 0 spiro atoms. The van der Waals surface area contributed by atoms with Crippen molar-refractivity contribution in [2.45, 2.75) is 44.6 Å². The van der Waals surface area contributed by atoms with Gasteiger partial charge in [-0.1, -0.05) is 24.3 Å². The molecule has 29 heavy (non-hydrogen) atoms. The molecule has 0 amide bonds. The summed E-state index contributed by atoms with van der Waals surface area (Å²) < 4.78 is 6.04. The van der Waals surface area contributed by atoms with Gasteiger partial charge in [0.15, 0.2) is 11.5 Å². The molecule has 0 radical (unpaired) electrons. The van der Waals surface area contributed by atoms with E-state index in [0.717, 1.165) is 35.9 Å². The van der Waals surface area contributed by atoms with Crippen molar-refractivity contribution in [2.75, 3.05) is 12.4 Å². The minimum atomic E-state index is -2.87. The number of nitrogens with zero attached hydrogens (tertiary/aromatic N) is 3. The summed E-state index contributed by atoms with van der Waals surface area (Å²) in [6, 6.07) is 8.34. The number of aromatic nitrogens is 2. The van der Waals surface area contributed by atoms with Gasteiger partial charge in [0.25, 0.3) is 7.72 Å². The molecule has 1 aliphatic carbocycles. The fourth-order valence-corrected chi connectivity index (χ4v) is 4.93. The van der Waals surface area contributed by atoms with Crippen molar-refractivity contribution in [1.82, 2.24) is 9.97 Å². The largest absolute Gasteiger partial charge is 0.463 e. The van der Waals surface area contributed by atoms with Crippen molar-refractivity contribution in [3.63, 3.8) is 0 Å². The van der Waals surface area contributed by atoms with E-state index in [0.29, 0.717) is 23.3 Å². The second-order valence-electron chi connectivity index (χ2n) is 8.19. The molecule has 2 heterocycles. The number of anilines is 1. The lowest BCUT2D eigenvalue weighted by molar-refractivity contribution is 0.171. The Labute approximate surface area is 170 Å². The normalized spacial score (nSPS) is 20.9. The second-order valence-corrected chi connectivity index (χ2v) is 10.6. The topological polar surface area (TPSA) is 114 Å². The molecule has 0 bridgehead atoms. The molecule has 4 rings (SSSR count). The fraction of sp³-hybridized carbons (Fsp3) is 0.381. The molecule has 152 valence electrons. The minimum Gasteiger partial charge on any atom is -0.463 e. The van der Waals surface area contributed by atoms with Crippen LogP contribution in [0.4, 0.5) is 11.5 Å². The summed E-state index contributed by atoms with van der Waals surface area (Å²) in [7, 11) is -2.87. The molecule has 0 saturated heterocycles. The number of allylic oxidation sites excluding steroid dienone is 2. The maximum absolute atomic E-state index is 9.87. The van der Waals surface area contributed by atoms with Crippen LogP contribution in [0, 0.1) is 0 Å². The van der Waals surface area contributed by atoms with Gasteiger partial charge < -0.3 is 10.5 Å². The van der Waals surface area contributed by atoms with Gasteiger partial charge in [-0.3, -0.25) is 0 Å². The highest BCUT2D eigenvalue weighted by atomic mass is 31.2. The van der Waals surface area contributed by atoms with Crippen molar-refractivity contribution >= 4 is 24.9 Å². The van der Waals surface area contributed by atoms with Gasteiger partial charge in [0.05, 0.1) is 5.71 Å². The zero-order valence-corrected chi connectivity index (χ0v) is 17.7. The van der Waals surface area contributed by atoms with Crippen LogP contribution in [0.1, 0.15) is 50.2 Å². The zero-order valence-electron chi connectivity index (χ0n) is 16.8. The summed E-state index contributed by atoms with van der Waals surface area (Å²) in [4.78, 5) is 32.6. The van der Waals surface area contributed by atoms with Crippen LogP contribution in [0.2, 0.25) is 0 Å². The lowest BCUT2D eigenvalue weighted by Gasteiger charge is -2.32. The number of fused-ring (bicyclic) bond motifs is 1. The highest BCUT2D eigenvalue weighted by Crippen LogP contribution is 2.58. The number of nitrogen functional groups attached to an aromatic ring is 1. The van der Waals surface area contributed by atoms with Crippen LogP contribution in [-0.2, 0) is 0 Å². The Hall–Kier alpha value is -2.34. The number of ether oxygens (including phenoxy) is 1. The van der Waals surface area contributed by atoms with Gasteiger partial charge in [0.2, 0.25) is 5.88 Å². The molecule has 1 aromatic carbocycles. The average molecular weight is 413 g/mol. The van der Waals surface area contributed by atoms with E-state index in [1.807, 2.05) is 19.9 Å². The van der Waals surface area contributed by atoms with E-state index in [2.05, 4.69) is 34.2 Å². The molecule has 0 unspecified atom stereocenters. The number of rotatable bonds is 3. The van der Waals surface area contributed by atoms with E-state index in [-0.39, 0.29) is 0 Å². The SMILES string of the molecule is CC1(C)Oc2ncnc(N)c2N=C1c1ccc([C@@H]2CC=C([P+](C)(O)O)CC2)cc1. The Bertz CT molecular complexity index is 994. The Kier molecular flexibility index (Phi) is 4.93. The van der Waals surface area contributed by atoms with Crippen LogP contribution in [0.25, 0.3) is 0 Å². The Balaban J connectivity index is 1.60. The molecule has 1 atom stereocenters. The fourth-order valence-electron chi connectivity index (χ4n) is 3.92. The van der Waals surface area contributed by atoms with Crippen LogP contribution in [-0.4, -0.2) is 37.7 Å². The van der Waals surface area contributed by atoms with Crippen molar-refractivity contribution in [1.29, 1.82) is 0 Å². The maximum Gasteiger partial charge on any atom is 0.292 e. The van der Waals surface area contributed by atoms with E-state index in [4.69, 9.17) is 15.5 Å². The van der Waals surface area contributed by atoms with Crippen molar-refractivity contribution < 1.29 is 14.5 Å². The van der Waals surface area contributed by atoms with Crippen LogP contribution < -0.4 is 10.5 Å². The number of benzene rings is 1. The molecule has 2 aliphatic rings. The zero-order chi connectivity index (χ0) is 20.8. The Morgan fingerprint density at radius 3 is 2.52 bits per heavy atom. The number of aliphatic imine (C=N–C) groups is 1. The Morgan fingerprint density at radius 2 is 1.90 bits per heavy atom. The summed E-state index contributed by atoms with van der Waals surface area (Å²) in [5.41, 5.74) is 8.76. The van der Waals surface area contributed by atoms with Crippen molar-refractivity contribution in [3.05, 3.63) is 53.1 Å². The van der Waals surface area contributed by atoms with Crippen molar-refractivity contribution in [2.24, 2.45) is 4.99 Å². The molecule has 8 heteroatoms. The van der Waals surface area contributed by atoms with Gasteiger partial charge in [0, 0.05) is 12.0 Å². The van der Waals surface area contributed by atoms with Crippen LogP contribution in [0.5, 0.6) is 5.88 Å². The van der Waals surface area contributed by atoms with Crippen LogP contribution in [0.15, 0.2) is 47.0 Å². The van der Waals surface area contributed by atoms with Crippen molar-refractivity contribution in [3.8, 4) is 5.88 Å². The summed E-state index contributed by atoms with van der Waals surface area (Å²) in [5.74, 6) is 1.07. The van der Waals surface area contributed by atoms with E-state index in [1.165, 1.54) is 18.6 Å². The monoisotopic (exact) mass is 413 g/mol. The summed E-state index contributed by atoms with van der Waals surface area (Å²) in [6.07, 6.45) is 5.84. The molecule has 2 aromatic rings. The lowest BCUT2D eigenvalue weighted by atomic mass is 9.86. The van der Waals surface area contributed by atoms with Gasteiger partial charge in [-0.15, -0.1) is 0 Å². The standard InChI is InChI=1S/C21H26N4O3P/c1-21(2)18(25-17-19(22)23-12-24-20(17)28-21)15-6-4-13(5-7-15)14-8-10-16(11-9-14)29(3,26)27/h4-7,10,12,14,26-27H,8-9,11H2,1-3H3,(H2,22,23,24)/q+1/t14-/m1/s1. The van der Waals surface area contributed by atoms with Gasteiger partial charge in [-0.2, -0.15) is 4.98 Å². The first-order valence-electron chi connectivity index (χ1n) is 9.66. The number of hydrogen-bond acceptors (Lipinski definition) is 7. The second kappa shape index (κ2) is 7.17. The third-order valence-electron chi connectivity index (χ3n) is 5.55. The lowest BCUT2D eigenvalue weighted by Crippen LogP contribution is -2.41. The highest BCUT2D eigenvalue weighted by Gasteiger charge is 2.36. The molecule has 7 nitrogen and oxygen atoms in total. The Morgan fingerprint density at radius 1 is 1.17 bits per heavy atom. The third-order valence-corrected chi connectivity index (χ3v) is 7.04. The first-order valence-corrected chi connectivity index (χ1v) is 11.8. The molecule has 0 saturated carbocycles. The van der Waals surface area contributed by atoms with E-state index in [1.54, 1.807) is 0 Å². The average Bonchev–Trinajstić information content (AvgIpc) is 2.67. The van der Waals surface area contributed by atoms with Gasteiger partial charge in [-0.05, 0) is 44.2 Å². The predicted molar refractivity (Wildman–Crippen MR) is 116 cm³/mol.